The number of aliphatic hydroxyl groups excluding tert-OH is 1. The molecular formula is C30H37F5N4O3SSi. The Hall–Kier alpha value is -2.81. The minimum absolute atomic E-state index is 0.0149. The first-order chi connectivity index (χ1) is 20.7. The summed E-state index contributed by atoms with van der Waals surface area (Å²) in [5, 5.41) is 15.5. The summed E-state index contributed by atoms with van der Waals surface area (Å²) >= 11 is 5.26. The Morgan fingerprint density at radius 2 is 1.82 bits per heavy atom. The number of pyridine rings is 1. The number of thiocarbonyl (C=S) groups is 1. The van der Waals surface area contributed by atoms with Crippen molar-refractivity contribution in [2.45, 2.75) is 76.1 Å². The van der Waals surface area contributed by atoms with E-state index in [1.165, 1.54) is 23.0 Å². The smallest absolute Gasteiger partial charge is 0.398 e. The van der Waals surface area contributed by atoms with Crippen LogP contribution in [0.1, 0.15) is 37.7 Å². The summed E-state index contributed by atoms with van der Waals surface area (Å²) in [6, 6.07) is 4.16. The van der Waals surface area contributed by atoms with Gasteiger partial charge in [0.1, 0.15) is 18.1 Å². The number of nitrogens with zero attached hydrogens (tertiary/aromatic N) is 2. The van der Waals surface area contributed by atoms with Gasteiger partial charge in [-0.3, -0.25) is 0 Å². The van der Waals surface area contributed by atoms with Crippen molar-refractivity contribution in [3.8, 4) is 11.5 Å². The molecule has 0 spiro atoms. The maximum Gasteiger partial charge on any atom is 0.398 e. The molecule has 0 aliphatic heterocycles. The minimum Gasteiger partial charge on any atom is -0.450 e. The number of halogens is 5. The molecule has 7 nitrogen and oxygen atoms in total. The zero-order valence-corrected chi connectivity index (χ0v) is 26.7. The number of rotatable bonds is 12. The van der Waals surface area contributed by atoms with Crippen LogP contribution in [-0.4, -0.2) is 53.8 Å². The fraction of sp³-hybridized carbons (Fsp3) is 0.533. The zero-order valence-electron chi connectivity index (χ0n) is 24.9. The second-order valence-electron chi connectivity index (χ2n) is 13.1. The highest BCUT2D eigenvalue weighted by Crippen LogP contribution is 2.61. The molecule has 240 valence electrons. The lowest BCUT2D eigenvalue weighted by Gasteiger charge is -2.40. The Labute approximate surface area is 259 Å². The van der Waals surface area contributed by atoms with E-state index in [1.807, 2.05) is 0 Å². The first-order valence-electron chi connectivity index (χ1n) is 14.6. The van der Waals surface area contributed by atoms with Crippen LogP contribution in [0, 0.1) is 17.0 Å². The molecule has 0 unspecified atom stereocenters. The van der Waals surface area contributed by atoms with Gasteiger partial charge in [-0.2, -0.15) is 13.2 Å². The van der Waals surface area contributed by atoms with Crippen LogP contribution in [-0.2, 0) is 16.9 Å². The lowest BCUT2D eigenvalue weighted by Crippen LogP contribution is -2.45. The summed E-state index contributed by atoms with van der Waals surface area (Å²) in [7, 11) is -1.39. The van der Waals surface area contributed by atoms with E-state index in [-0.39, 0.29) is 64.7 Å². The van der Waals surface area contributed by atoms with E-state index in [4.69, 9.17) is 21.7 Å². The average molecular weight is 657 g/mol. The average Bonchev–Trinajstić information content (AvgIpc) is 3.65. The van der Waals surface area contributed by atoms with Crippen molar-refractivity contribution in [1.82, 2.24) is 14.9 Å². The van der Waals surface area contributed by atoms with E-state index < -0.39 is 37.0 Å². The molecule has 0 amide bonds. The van der Waals surface area contributed by atoms with E-state index in [2.05, 4.69) is 35.3 Å². The molecule has 2 heterocycles. The van der Waals surface area contributed by atoms with E-state index in [0.29, 0.717) is 13.2 Å². The fourth-order valence-corrected chi connectivity index (χ4v) is 6.40. The molecule has 5 rings (SSSR count). The third kappa shape index (κ3) is 6.72. The van der Waals surface area contributed by atoms with Crippen LogP contribution in [0.15, 0.2) is 30.6 Å². The van der Waals surface area contributed by atoms with Gasteiger partial charge in [0.15, 0.2) is 22.5 Å². The van der Waals surface area contributed by atoms with E-state index in [1.54, 1.807) is 0 Å². The predicted octanol–water partition coefficient (Wildman–Crippen LogP) is 7.46. The molecule has 2 aliphatic rings. The lowest BCUT2D eigenvalue weighted by atomic mass is 9.69. The maximum atomic E-state index is 15.3. The third-order valence-corrected chi connectivity index (χ3v) is 10.5. The van der Waals surface area contributed by atoms with Crippen LogP contribution in [0.4, 0.5) is 27.6 Å². The molecule has 1 aromatic carbocycles. The van der Waals surface area contributed by atoms with Crippen molar-refractivity contribution in [2.75, 3.05) is 25.1 Å². The molecule has 0 bridgehead atoms. The second-order valence-corrected chi connectivity index (χ2v) is 19.2. The van der Waals surface area contributed by atoms with Crippen LogP contribution < -0.4 is 15.4 Å². The first kappa shape index (κ1) is 32.6. The normalized spacial score (nSPS) is 17.3. The molecule has 0 saturated heterocycles. The number of benzene rings is 1. The number of alkyl halides is 3. The molecule has 2 aliphatic carbocycles. The van der Waals surface area contributed by atoms with E-state index >= 15 is 8.78 Å². The molecule has 0 radical (unpaired) electrons. The molecule has 44 heavy (non-hydrogen) atoms. The van der Waals surface area contributed by atoms with Gasteiger partial charge in [-0.15, -0.1) is 0 Å². The summed E-state index contributed by atoms with van der Waals surface area (Å²) in [6.07, 6.45) is 0.661. The largest absolute Gasteiger partial charge is 0.450 e. The van der Waals surface area contributed by atoms with E-state index in [0.717, 1.165) is 37.4 Å². The third-order valence-electron chi connectivity index (χ3n) is 8.60. The summed E-state index contributed by atoms with van der Waals surface area (Å²) in [6.45, 7) is 7.44. The van der Waals surface area contributed by atoms with Crippen molar-refractivity contribution in [3.05, 3.63) is 47.8 Å². The van der Waals surface area contributed by atoms with Crippen LogP contribution >= 0.6 is 12.2 Å². The van der Waals surface area contributed by atoms with Gasteiger partial charge in [0.25, 0.3) is 0 Å². The highest BCUT2D eigenvalue weighted by molar-refractivity contribution is 7.80. The summed E-state index contributed by atoms with van der Waals surface area (Å²) in [5.74, 6) is -3.05. The van der Waals surface area contributed by atoms with Gasteiger partial charge in [0, 0.05) is 56.9 Å². The summed E-state index contributed by atoms with van der Waals surface area (Å²) in [4.78, 5) is 4.31. The monoisotopic (exact) mass is 656 g/mol. The Morgan fingerprint density at radius 1 is 1.14 bits per heavy atom. The van der Waals surface area contributed by atoms with Crippen molar-refractivity contribution >= 4 is 42.1 Å². The topological polar surface area (TPSA) is 80.6 Å². The second kappa shape index (κ2) is 12.2. The number of nitrogens with one attached hydrogen (secondary N) is 2. The van der Waals surface area contributed by atoms with Gasteiger partial charge in [-0.25, -0.2) is 13.8 Å². The Balaban J connectivity index is 1.40. The molecular weight excluding hydrogens is 619 g/mol. The van der Waals surface area contributed by atoms with Crippen LogP contribution in [0.2, 0.25) is 25.7 Å². The van der Waals surface area contributed by atoms with E-state index in [9.17, 15) is 18.3 Å². The quantitative estimate of drug-likeness (QED) is 0.0809. The minimum atomic E-state index is -4.54. The van der Waals surface area contributed by atoms with Crippen molar-refractivity contribution < 1.29 is 36.5 Å². The van der Waals surface area contributed by atoms with Gasteiger partial charge < -0.3 is 29.8 Å². The van der Waals surface area contributed by atoms with Gasteiger partial charge in [0.05, 0.1) is 17.4 Å². The predicted molar refractivity (Wildman–Crippen MR) is 165 cm³/mol. The van der Waals surface area contributed by atoms with Gasteiger partial charge in [-0.05, 0) is 55.6 Å². The fourth-order valence-electron chi connectivity index (χ4n) is 5.45. The number of hydrogen-bond acceptors (Lipinski definition) is 5. The number of fused-ring (bicyclic) bond motifs is 1. The van der Waals surface area contributed by atoms with Crippen molar-refractivity contribution in [1.29, 1.82) is 0 Å². The Kier molecular flexibility index (Phi) is 9.02. The molecule has 14 heteroatoms. The maximum absolute atomic E-state index is 15.3. The summed E-state index contributed by atoms with van der Waals surface area (Å²) < 4.78 is 86.4. The van der Waals surface area contributed by atoms with Crippen LogP contribution in [0.3, 0.4) is 0 Å². The molecule has 0 atom stereocenters. The van der Waals surface area contributed by atoms with Gasteiger partial charge >= 0.3 is 6.18 Å². The van der Waals surface area contributed by atoms with Gasteiger partial charge in [0.2, 0.25) is 0 Å². The standard InChI is InChI=1S/C30H37F5N4O3SSi/c1-44(2,3)12-11-41-18-39-15-20(29(8-9-29)30(33,34)35)24-23(5-10-36-26(24)39)42-25-21(31)13-19(14-22(25)32)38-27(43)37-16-28(17-40)6-4-7-28/h5,10,13-15,40H,4,6-9,11-12,16-18H2,1-3H3,(H2,37,38,43). The number of ether oxygens (including phenoxy) is 2. The molecule has 3 aromatic rings. The summed E-state index contributed by atoms with van der Waals surface area (Å²) in [5.41, 5.74) is -2.22. The number of anilines is 1. The lowest BCUT2D eigenvalue weighted by molar-refractivity contribution is -0.160. The highest BCUT2D eigenvalue weighted by atomic mass is 32.1. The number of aromatic nitrogens is 2. The first-order valence-corrected chi connectivity index (χ1v) is 18.7. The van der Waals surface area contributed by atoms with Crippen molar-refractivity contribution in [3.63, 3.8) is 0 Å². The number of hydrogen-bond donors (Lipinski definition) is 3. The molecule has 3 N–H and O–H groups in total. The van der Waals surface area contributed by atoms with Crippen LogP contribution in [0.25, 0.3) is 11.0 Å². The number of aliphatic hydroxyl groups is 1. The van der Waals surface area contributed by atoms with Crippen LogP contribution in [0.5, 0.6) is 11.5 Å². The molecule has 2 fully saturated rings. The highest BCUT2D eigenvalue weighted by Gasteiger charge is 2.65. The molecule has 2 saturated carbocycles. The van der Waals surface area contributed by atoms with Crippen molar-refractivity contribution in [2.24, 2.45) is 5.41 Å². The van der Waals surface area contributed by atoms with Gasteiger partial charge in [-0.1, -0.05) is 26.1 Å². The molecule has 2 aromatic heterocycles. The SMILES string of the molecule is C[Si](C)(C)CCOCn1cc(C2(C(F)(F)F)CC2)c2c(Oc3c(F)cc(NC(=S)NCC4(CO)CCC4)cc3F)ccnc21. The Morgan fingerprint density at radius 3 is 2.36 bits per heavy atom. The Bertz CT molecular complexity index is 1500. The zero-order chi connectivity index (χ0) is 31.9.